The van der Waals surface area contributed by atoms with E-state index in [1.54, 1.807) is 24.3 Å². The normalized spacial score (nSPS) is 13.6. The average Bonchev–Trinajstić information content (AvgIpc) is 3.45. The van der Waals surface area contributed by atoms with Crippen molar-refractivity contribution >= 4 is 40.3 Å². The molecule has 39 heavy (non-hydrogen) atoms. The SMILES string of the molecule is O=C(Nc1ccc(Nc2ccc(NC(=O)c3ccc(CO)[nH]3)cc2)cc1)c1ccc(N2CCC(O)CC2)cc1. The van der Waals surface area contributed by atoms with Gasteiger partial charge in [-0.2, -0.15) is 0 Å². The lowest BCUT2D eigenvalue weighted by atomic mass is 10.1. The van der Waals surface area contributed by atoms with Crippen LogP contribution in [0.25, 0.3) is 0 Å². The summed E-state index contributed by atoms with van der Waals surface area (Å²) in [4.78, 5) is 30.1. The lowest BCUT2D eigenvalue weighted by Gasteiger charge is -2.31. The zero-order chi connectivity index (χ0) is 27.2. The van der Waals surface area contributed by atoms with Crippen LogP contribution in [-0.2, 0) is 6.61 Å². The number of benzene rings is 3. The Hall–Kier alpha value is -4.60. The van der Waals surface area contributed by atoms with Gasteiger partial charge in [0, 0.05) is 52.8 Å². The first kappa shape index (κ1) is 26.0. The van der Waals surface area contributed by atoms with Crippen molar-refractivity contribution in [2.75, 3.05) is 33.9 Å². The number of nitrogens with zero attached hydrogens (tertiary/aromatic N) is 1. The fraction of sp³-hybridized carbons (Fsp3) is 0.200. The summed E-state index contributed by atoms with van der Waals surface area (Å²) in [6.07, 6.45) is 1.31. The first-order chi connectivity index (χ1) is 19.0. The summed E-state index contributed by atoms with van der Waals surface area (Å²) < 4.78 is 0. The van der Waals surface area contributed by atoms with Gasteiger partial charge in [0.1, 0.15) is 5.69 Å². The third kappa shape index (κ3) is 6.64. The number of carbonyl (C=O) groups is 2. The fourth-order valence-electron chi connectivity index (χ4n) is 4.45. The number of rotatable bonds is 8. The Bertz CT molecular complexity index is 1410. The van der Waals surface area contributed by atoms with Gasteiger partial charge in [-0.05, 0) is 97.8 Å². The molecular weight excluding hydrogens is 494 g/mol. The van der Waals surface area contributed by atoms with Gasteiger partial charge in [0.05, 0.1) is 12.7 Å². The number of nitrogens with one attached hydrogen (secondary N) is 4. The van der Waals surface area contributed by atoms with E-state index in [4.69, 9.17) is 5.11 Å². The molecule has 4 aromatic rings. The smallest absolute Gasteiger partial charge is 0.272 e. The Labute approximate surface area is 226 Å². The summed E-state index contributed by atoms with van der Waals surface area (Å²) in [7, 11) is 0. The molecule has 0 radical (unpaired) electrons. The molecule has 2 amide bonds. The highest BCUT2D eigenvalue weighted by molar-refractivity contribution is 6.04. The van der Waals surface area contributed by atoms with Gasteiger partial charge in [0.15, 0.2) is 0 Å². The number of aromatic amines is 1. The number of carbonyl (C=O) groups excluding carboxylic acids is 2. The maximum Gasteiger partial charge on any atom is 0.272 e. The van der Waals surface area contributed by atoms with Crippen molar-refractivity contribution in [3.8, 4) is 0 Å². The molecule has 9 nitrogen and oxygen atoms in total. The number of aliphatic hydroxyl groups excluding tert-OH is 2. The first-order valence-electron chi connectivity index (χ1n) is 12.9. The first-order valence-corrected chi connectivity index (χ1v) is 12.9. The quantitative estimate of drug-likeness (QED) is 0.198. The summed E-state index contributed by atoms with van der Waals surface area (Å²) in [5.41, 5.74) is 5.62. The van der Waals surface area contributed by atoms with Crippen molar-refractivity contribution in [2.45, 2.75) is 25.6 Å². The molecule has 6 N–H and O–H groups in total. The highest BCUT2D eigenvalue weighted by Crippen LogP contribution is 2.23. The molecule has 0 bridgehead atoms. The second-order valence-electron chi connectivity index (χ2n) is 9.51. The van der Waals surface area contributed by atoms with Crippen molar-refractivity contribution in [3.05, 3.63) is 102 Å². The Balaban J connectivity index is 1.12. The summed E-state index contributed by atoms with van der Waals surface area (Å²) in [5.74, 6) is -0.465. The predicted molar refractivity (Wildman–Crippen MR) is 153 cm³/mol. The van der Waals surface area contributed by atoms with E-state index in [0.29, 0.717) is 28.3 Å². The molecule has 1 fully saturated rings. The number of aromatic nitrogens is 1. The van der Waals surface area contributed by atoms with Crippen LogP contribution in [0.3, 0.4) is 0 Å². The minimum atomic E-state index is -0.285. The maximum absolute atomic E-state index is 12.7. The van der Waals surface area contributed by atoms with Crippen LogP contribution in [0.5, 0.6) is 0 Å². The minimum Gasteiger partial charge on any atom is -0.393 e. The topological polar surface area (TPSA) is 130 Å². The highest BCUT2D eigenvalue weighted by Gasteiger charge is 2.17. The number of aliphatic hydroxyl groups is 2. The highest BCUT2D eigenvalue weighted by atomic mass is 16.3. The second kappa shape index (κ2) is 11.8. The third-order valence-electron chi connectivity index (χ3n) is 6.69. The van der Waals surface area contributed by atoms with E-state index in [1.807, 2.05) is 60.7 Å². The van der Waals surface area contributed by atoms with E-state index in [0.717, 1.165) is 43.0 Å². The molecule has 3 aromatic carbocycles. The summed E-state index contributed by atoms with van der Waals surface area (Å²) in [6.45, 7) is 1.48. The van der Waals surface area contributed by atoms with Gasteiger partial charge in [-0.15, -0.1) is 0 Å². The van der Waals surface area contributed by atoms with E-state index < -0.39 is 0 Å². The van der Waals surface area contributed by atoms with Crippen molar-refractivity contribution in [1.82, 2.24) is 4.98 Å². The van der Waals surface area contributed by atoms with Crippen LogP contribution in [0.2, 0.25) is 0 Å². The zero-order valence-corrected chi connectivity index (χ0v) is 21.4. The number of hydrogen-bond donors (Lipinski definition) is 6. The molecule has 0 unspecified atom stereocenters. The van der Waals surface area contributed by atoms with Crippen LogP contribution >= 0.6 is 0 Å². The molecule has 0 spiro atoms. The molecule has 0 saturated carbocycles. The minimum absolute atomic E-state index is 0.151. The van der Waals surface area contributed by atoms with Gasteiger partial charge in [0.2, 0.25) is 0 Å². The van der Waals surface area contributed by atoms with Crippen LogP contribution in [0.15, 0.2) is 84.9 Å². The Kier molecular flexibility index (Phi) is 7.91. The van der Waals surface area contributed by atoms with Gasteiger partial charge in [-0.25, -0.2) is 0 Å². The van der Waals surface area contributed by atoms with Crippen LogP contribution in [-0.4, -0.2) is 46.2 Å². The largest absolute Gasteiger partial charge is 0.393 e. The lowest BCUT2D eigenvalue weighted by molar-refractivity contribution is 0.101. The molecule has 2 heterocycles. The van der Waals surface area contributed by atoms with E-state index in [9.17, 15) is 14.7 Å². The third-order valence-corrected chi connectivity index (χ3v) is 6.69. The molecule has 0 aliphatic carbocycles. The van der Waals surface area contributed by atoms with Gasteiger partial charge in [-0.3, -0.25) is 9.59 Å². The molecule has 0 atom stereocenters. The Morgan fingerprint density at radius 1 is 0.744 bits per heavy atom. The summed E-state index contributed by atoms with van der Waals surface area (Å²) >= 11 is 0. The maximum atomic E-state index is 12.7. The van der Waals surface area contributed by atoms with E-state index in [-0.39, 0.29) is 24.5 Å². The number of amides is 2. The molecular formula is C30H31N5O4. The van der Waals surface area contributed by atoms with E-state index in [1.165, 1.54) is 0 Å². The van der Waals surface area contributed by atoms with Gasteiger partial charge >= 0.3 is 0 Å². The zero-order valence-electron chi connectivity index (χ0n) is 21.4. The van der Waals surface area contributed by atoms with Crippen LogP contribution in [0, 0.1) is 0 Å². The number of H-pyrrole nitrogens is 1. The van der Waals surface area contributed by atoms with E-state index in [2.05, 4.69) is 25.8 Å². The van der Waals surface area contributed by atoms with E-state index >= 15 is 0 Å². The predicted octanol–water partition coefficient (Wildman–Crippen LogP) is 4.72. The van der Waals surface area contributed by atoms with Crippen molar-refractivity contribution < 1.29 is 19.8 Å². The molecule has 1 aliphatic heterocycles. The van der Waals surface area contributed by atoms with Crippen LogP contribution in [0.1, 0.15) is 39.4 Å². The Morgan fingerprint density at radius 3 is 1.82 bits per heavy atom. The molecule has 1 aromatic heterocycles. The average molecular weight is 526 g/mol. The Morgan fingerprint density at radius 2 is 1.28 bits per heavy atom. The standard InChI is InChI=1S/C30H31N5O4/c36-19-25-11-14-28(32-25)30(39)34-24-9-5-22(6-10-24)31-21-3-7-23(8-4-21)33-29(38)20-1-12-26(13-2-20)35-17-15-27(37)16-18-35/h1-14,27,31-32,36-37H,15-19H2,(H,33,38)(H,34,39). The monoisotopic (exact) mass is 525 g/mol. The molecule has 1 saturated heterocycles. The number of piperidine rings is 1. The number of hydrogen-bond acceptors (Lipinski definition) is 6. The van der Waals surface area contributed by atoms with Crippen LogP contribution < -0.4 is 20.9 Å². The van der Waals surface area contributed by atoms with Gasteiger partial charge < -0.3 is 36.0 Å². The van der Waals surface area contributed by atoms with Crippen molar-refractivity contribution in [3.63, 3.8) is 0 Å². The molecule has 1 aliphatic rings. The fourth-order valence-corrected chi connectivity index (χ4v) is 4.45. The second-order valence-corrected chi connectivity index (χ2v) is 9.51. The molecule has 200 valence electrons. The van der Waals surface area contributed by atoms with Crippen molar-refractivity contribution in [2.24, 2.45) is 0 Å². The van der Waals surface area contributed by atoms with Crippen molar-refractivity contribution in [1.29, 1.82) is 0 Å². The summed E-state index contributed by atoms with van der Waals surface area (Å²) in [6, 6.07) is 25.6. The lowest BCUT2D eigenvalue weighted by Crippen LogP contribution is -2.35. The van der Waals surface area contributed by atoms with Gasteiger partial charge in [0.25, 0.3) is 11.8 Å². The van der Waals surface area contributed by atoms with Gasteiger partial charge in [-0.1, -0.05) is 0 Å². The van der Waals surface area contributed by atoms with Crippen LogP contribution in [0.4, 0.5) is 28.4 Å². The number of anilines is 5. The molecule has 9 heteroatoms. The summed E-state index contributed by atoms with van der Waals surface area (Å²) in [5, 5.41) is 27.9. The molecule has 5 rings (SSSR count).